The van der Waals surface area contributed by atoms with E-state index in [0.29, 0.717) is 36.0 Å². The van der Waals surface area contributed by atoms with E-state index >= 15 is 0 Å². The van der Waals surface area contributed by atoms with Crippen LogP contribution < -0.4 is 10.9 Å². The first kappa shape index (κ1) is 35.9. The van der Waals surface area contributed by atoms with Crippen LogP contribution in [0.15, 0.2) is 36.4 Å². The highest BCUT2D eigenvalue weighted by atomic mass is 16.5. The Morgan fingerprint density at radius 1 is 0.628 bits per heavy atom. The molecule has 0 saturated carbocycles. The molecule has 0 aromatic heterocycles. The van der Waals surface area contributed by atoms with Crippen molar-refractivity contribution in [3.8, 4) is 0 Å². The van der Waals surface area contributed by atoms with Crippen LogP contribution in [0.25, 0.3) is 0 Å². The highest BCUT2D eigenvalue weighted by Crippen LogP contribution is 2.38. The van der Waals surface area contributed by atoms with Gasteiger partial charge in [-0.1, -0.05) is 78.6 Å². The molecule has 0 spiro atoms. The number of hydrogen-bond acceptors (Lipinski definition) is 7. The normalized spacial score (nSPS) is 13.2. The molecule has 2 aromatic carbocycles. The van der Waals surface area contributed by atoms with Crippen LogP contribution in [0.1, 0.15) is 164 Å². The van der Waals surface area contributed by atoms with Crippen LogP contribution in [-0.2, 0) is 4.74 Å². The fourth-order valence-electron chi connectivity index (χ4n) is 5.12. The molecule has 5 N–H and O–H groups in total. The first-order chi connectivity index (χ1) is 20.7. The summed E-state index contributed by atoms with van der Waals surface area (Å²) >= 11 is 0. The average Bonchev–Trinajstić information content (AvgIpc) is 3.02. The number of hydrazine groups is 1. The number of unbranched alkanes of at least 4 members (excludes halogenated alkanes) is 6. The second-order valence-corrected chi connectivity index (χ2v) is 11.1. The number of benzene rings is 2. The highest BCUT2D eigenvalue weighted by molar-refractivity contribution is 6.00. The van der Waals surface area contributed by atoms with E-state index in [-0.39, 0.29) is 16.7 Å². The van der Waals surface area contributed by atoms with Gasteiger partial charge in [0.05, 0.1) is 31.0 Å². The molecule has 0 saturated heterocycles. The minimum absolute atomic E-state index is 0.153. The molecule has 9 heteroatoms. The lowest BCUT2D eigenvalue weighted by molar-refractivity contribution is 0.0600. The zero-order valence-electron chi connectivity index (χ0n) is 26.2. The third-order valence-corrected chi connectivity index (χ3v) is 7.66. The number of rotatable bonds is 18. The van der Waals surface area contributed by atoms with Gasteiger partial charge in [-0.2, -0.15) is 0 Å². The van der Waals surface area contributed by atoms with E-state index in [4.69, 9.17) is 0 Å². The number of aliphatic hydroxyl groups excluding tert-OH is 3. The van der Waals surface area contributed by atoms with Gasteiger partial charge in [0.1, 0.15) is 0 Å². The molecule has 2 amide bonds. The Morgan fingerprint density at radius 3 is 1.44 bits per heavy atom. The number of nitrogens with one attached hydrogen (secondary N) is 2. The number of aliphatic hydroxyl groups is 3. The number of hydrogen-bond donors (Lipinski definition) is 5. The van der Waals surface area contributed by atoms with E-state index in [2.05, 4.69) is 36.4 Å². The Labute approximate surface area is 256 Å². The molecule has 3 atom stereocenters. The van der Waals surface area contributed by atoms with E-state index in [0.717, 1.165) is 57.8 Å². The van der Waals surface area contributed by atoms with Gasteiger partial charge in [0.2, 0.25) is 0 Å². The number of esters is 1. The van der Waals surface area contributed by atoms with Crippen LogP contribution in [0.5, 0.6) is 0 Å². The molecule has 2 rings (SSSR count). The maximum Gasteiger partial charge on any atom is 0.337 e. The van der Waals surface area contributed by atoms with Gasteiger partial charge in [-0.05, 0) is 72.4 Å². The van der Waals surface area contributed by atoms with Crippen molar-refractivity contribution in [1.29, 1.82) is 0 Å². The van der Waals surface area contributed by atoms with Gasteiger partial charge in [-0.15, -0.1) is 0 Å². The van der Waals surface area contributed by atoms with Crippen molar-refractivity contribution < 1.29 is 34.4 Å². The maximum absolute atomic E-state index is 13.3. The Balaban J connectivity index is 2.42. The molecule has 3 unspecified atom stereocenters. The van der Waals surface area contributed by atoms with Gasteiger partial charge >= 0.3 is 5.97 Å². The minimum Gasteiger partial charge on any atom is -0.465 e. The van der Waals surface area contributed by atoms with Crippen LogP contribution in [0, 0.1) is 0 Å². The summed E-state index contributed by atoms with van der Waals surface area (Å²) in [4.78, 5) is 37.7. The van der Waals surface area contributed by atoms with Crippen LogP contribution in [-0.4, -0.2) is 40.2 Å². The van der Waals surface area contributed by atoms with Gasteiger partial charge in [0.15, 0.2) is 0 Å². The summed E-state index contributed by atoms with van der Waals surface area (Å²) in [5, 5.41) is 33.9. The van der Waals surface area contributed by atoms with E-state index < -0.39 is 36.1 Å². The molecular weight excluding hydrogens is 548 g/mol. The lowest BCUT2D eigenvalue weighted by Gasteiger charge is -2.26. The average molecular weight is 599 g/mol. The summed E-state index contributed by atoms with van der Waals surface area (Å²) in [6, 6.07) is 8.90. The number of ether oxygens (including phenoxy) is 1. The molecule has 43 heavy (non-hydrogen) atoms. The van der Waals surface area contributed by atoms with Crippen molar-refractivity contribution in [3.63, 3.8) is 0 Å². The maximum atomic E-state index is 13.3. The Kier molecular flexibility index (Phi) is 16.0. The SMILES string of the molecule is CCCCCC(O)c1cc(C(=O)NNC(=O)c2ccc(C(=O)OC)cc2)cc(C(O)CCCCC)c1C(O)CCCCC. The minimum atomic E-state index is -0.931. The van der Waals surface area contributed by atoms with Gasteiger partial charge in [-0.3, -0.25) is 20.4 Å². The van der Waals surface area contributed by atoms with Crippen molar-refractivity contribution in [2.24, 2.45) is 0 Å². The molecule has 9 nitrogen and oxygen atoms in total. The largest absolute Gasteiger partial charge is 0.465 e. The predicted molar refractivity (Wildman–Crippen MR) is 166 cm³/mol. The van der Waals surface area contributed by atoms with Gasteiger partial charge < -0.3 is 20.1 Å². The van der Waals surface area contributed by atoms with E-state index in [9.17, 15) is 29.7 Å². The first-order valence-electron chi connectivity index (χ1n) is 15.7. The van der Waals surface area contributed by atoms with Crippen LogP contribution in [0.4, 0.5) is 0 Å². The number of methoxy groups -OCH3 is 1. The van der Waals surface area contributed by atoms with Crippen molar-refractivity contribution in [1.82, 2.24) is 10.9 Å². The molecule has 0 heterocycles. The summed E-state index contributed by atoms with van der Waals surface area (Å²) in [6.45, 7) is 6.24. The fourth-order valence-corrected chi connectivity index (χ4v) is 5.12. The van der Waals surface area contributed by atoms with Crippen LogP contribution in [0.3, 0.4) is 0 Å². The Bertz CT molecular complexity index is 1130. The second kappa shape index (κ2) is 19.1. The standard InChI is InChI=1S/C34H50N2O7/c1-5-8-11-14-28(37)26-21-25(33(41)36-35-32(40)23-17-19-24(20-18-23)34(42)43-4)22-27(29(38)15-12-9-6-2)31(26)30(39)16-13-10-7-3/h17-22,28-30,37-39H,5-16H2,1-4H3,(H,35,40)(H,36,41). The summed E-state index contributed by atoms with van der Waals surface area (Å²) in [7, 11) is 1.27. The topological polar surface area (TPSA) is 145 Å². The fraction of sp³-hybridized carbons (Fsp3) is 0.559. The van der Waals surface area contributed by atoms with Crippen LogP contribution in [0.2, 0.25) is 0 Å². The quantitative estimate of drug-likeness (QED) is 0.0759. The second-order valence-electron chi connectivity index (χ2n) is 11.1. The summed E-state index contributed by atoms with van der Waals surface area (Å²) in [5.74, 6) is -1.75. The van der Waals surface area contributed by atoms with E-state index in [1.54, 1.807) is 12.1 Å². The molecule has 0 aliphatic heterocycles. The van der Waals surface area contributed by atoms with Gasteiger partial charge in [0.25, 0.3) is 11.8 Å². The Hall–Kier alpha value is -3.27. The zero-order valence-corrected chi connectivity index (χ0v) is 26.2. The molecule has 0 fully saturated rings. The summed E-state index contributed by atoms with van der Waals surface area (Å²) in [5.41, 5.74) is 6.82. The van der Waals surface area contributed by atoms with Crippen molar-refractivity contribution in [2.45, 2.75) is 116 Å². The monoisotopic (exact) mass is 598 g/mol. The molecule has 2 aromatic rings. The molecule has 238 valence electrons. The third kappa shape index (κ3) is 11.1. The number of carbonyl (C=O) groups excluding carboxylic acids is 3. The lowest BCUT2D eigenvalue weighted by Crippen LogP contribution is -2.41. The van der Waals surface area contributed by atoms with E-state index in [1.807, 2.05) is 0 Å². The molecule has 0 bridgehead atoms. The van der Waals surface area contributed by atoms with Crippen molar-refractivity contribution in [3.05, 3.63) is 69.8 Å². The van der Waals surface area contributed by atoms with E-state index in [1.165, 1.54) is 31.4 Å². The lowest BCUT2D eigenvalue weighted by atomic mass is 9.84. The number of amides is 2. The number of carbonyl (C=O) groups is 3. The van der Waals surface area contributed by atoms with Gasteiger partial charge in [0, 0.05) is 11.1 Å². The molecule has 0 radical (unpaired) electrons. The Morgan fingerprint density at radius 2 is 1.02 bits per heavy atom. The molecular formula is C34H50N2O7. The van der Waals surface area contributed by atoms with Crippen molar-refractivity contribution in [2.75, 3.05) is 7.11 Å². The van der Waals surface area contributed by atoms with Crippen molar-refractivity contribution >= 4 is 17.8 Å². The predicted octanol–water partition coefficient (Wildman–Crippen LogP) is 6.39. The summed E-state index contributed by atoms with van der Waals surface area (Å²) in [6.07, 6.45) is 6.75. The third-order valence-electron chi connectivity index (χ3n) is 7.66. The highest BCUT2D eigenvalue weighted by Gasteiger charge is 2.27. The van der Waals surface area contributed by atoms with Gasteiger partial charge in [-0.25, -0.2) is 4.79 Å². The van der Waals surface area contributed by atoms with Crippen LogP contribution >= 0.6 is 0 Å². The zero-order chi connectivity index (χ0) is 31.8. The first-order valence-corrected chi connectivity index (χ1v) is 15.7. The smallest absolute Gasteiger partial charge is 0.337 e. The molecule has 0 aliphatic carbocycles. The summed E-state index contributed by atoms with van der Waals surface area (Å²) < 4.78 is 4.67. The molecule has 0 aliphatic rings.